The second-order valence-corrected chi connectivity index (χ2v) is 10.5. The van der Waals surface area contributed by atoms with Crippen molar-refractivity contribution >= 4 is 38.9 Å². The molecule has 0 atom stereocenters. The Morgan fingerprint density at radius 1 is 1.14 bits per heavy atom. The van der Waals surface area contributed by atoms with Crippen molar-refractivity contribution in [2.45, 2.75) is 29.2 Å². The Labute approximate surface area is 173 Å². The third-order valence-corrected chi connectivity index (χ3v) is 8.90. The van der Waals surface area contributed by atoms with E-state index in [-0.39, 0.29) is 5.91 Å². The molecule has 2 aliphatic heterocycles. The molecule has 0 radical (unpaired) electrons. The number of ether oxygens (including phenoxy) is 1. The van der Waals surface area contributed by atoms with Gasteiger partial charge >= 0.3 is 0 Å². The molecule has 4 rings (SSSR count). The predicted molar refractivity (Wildman–Crippen MR) is 108 cm³/mol. The number of thiophene rings is 1. The number of likely N-dealkylation sites (tertiary alicyclic amines) is 1. The lowest BCUT2D eigenvalue weighted by Crippen LogP contribution is -2.55. The van der Waals surface area contributed by atoms with Crippen LogP contribution in [0.4, 0.5) is 0 Å². The second-order valence-electron chi connectivity index (χ2n) is 6.99. The topological polar surface area (TPSA) is 66.9 Å². The first kappa shape index (κ1) is 19.8. The maximum Gasteiger partial charge on any atom is 0.255 e. The Bertz CT molecular complexity index is 937. The summed E-state index contributed by atoms with van der Waals surface area (Å²) in [4.78, 5) is 14.4. The van der Waals surface area contributed by atoms with Crippen molar-refractivity contribution in [3.63, 3.8) is 0 Å². The first-order valence-electron chi connectivity index (χ1n) is 9.13. The lowest BCUT2D eigenvalue weighted by atomic mass is 10.00. The summed E-state index contributed by atoms with van der Waals surface area (Å²) in [7, 11) is -3.58. The van der Waals surface area contributed by atoms with E-state index in [1.54, 1.807) is 34.5 Å². The highest BCUT2D eigenvalue weighted by Gasteiger charge is 2.51. The largest absolute Gasteiger partial charge is 0.358 e. The van der Waals surface area contributed by atoms with Gasteiger partial charge in [-0.1, -0.05) is 29.8 Å². The summed E-state index contributed by atoms with van der Waals surface area (Å²) in [6.07, 6.45) is 1.26. The van der Waals surface area contributed by atoms with E-state index in [1.165, 1.54) is 15.6 Å². The van der Waals surface area contributed by atoms with Crippen molar-refractivity contribution in [2.75, 3.05) is 26.2 Å². The highest BCUT2D eigenvalue weighted by atomic mass is 35.5. The van der Waals surface area contributed by atoms with Gasteiger partial charge in [0.1, 0.15) is 9.93 Å². The van der Waals surface area contributed by atoms with E-state index in [9.17, 15) is 13.2 Å². The normalized spacial score (nSPS) is 20.0. The Morgan fingerprint density at radius 2 is 1.86 bits per heavy atom. The van der Waals surface area contributed by atoms with Crippen LogP contribution in [0.3, 0.4) is 0 Å². The van der Waals surface area contributed by atoms with Gasteiger partial charge < -0.3 is 9.64 Å². The number of piperidine rings is 1. The van der Waals surface area contributed by atoms with Crippen LogP contribution < -0.4 is 0 Å². The molecule has 28 heavy (non-hydrogen) atoms. The van der Waals surface area contributed by atoms with Crippen molar-refractivity contribution in [3.05, 3.63) is 52.4 Å². The molecule has 6 nitrogen and oxygen atoms in total. The number of hydrogen-bond acceptors (Lipinski definition) is 5. The summed E-state index contributed by atoms with van der Waals surface area (Å²) in [6, 6.07) is 10.6. The molecule has 0 aliphatic carbocycles. The number of sulfonamides is 1. The molecule has 0 saturated carbocycles. The first-order valence-corrected chi connectivity index (χ1v) is 11.8. The molecule has 1 aromatic heterocycles. The van der Waals surface area contributed by atoms with Crippen molar-refractivity contribution in [3.8, 4) is 0 Å². The molecule has 2 aromatic rings. The van der Waals surface area contributed by atoms with E-state index in [0.717, 1.165) is 5.56 Å². The molecular weight excluding hydrogens is 420 g/mol. The molecule has 1 amide bonds. The Balaban J connectivity index is 1.44. The van der Waals surface area contributed by atoms with Crippen molar-refractivity contribution in [1.29, 1.82) is 0 Å². The Morgan fingerprint density at radius 3 is 2.50 bits per heavy atom. The third kappa shape index (κ3) is 3.71. The maximum atomic E-state index is 13.0. The Hall–Kier alpha value is -1.45. The highest BCUT2D eigenvalue weighted by Crippen LogP contribution is 2.39. The van der Waals surface area contributed by atoms with Gasteiger partial charge in [0.25, 0.3) is 10.0 Å². The number of carbonyl (C=O) groups excluding carboxylic acids is 1. The number of nitrogens with zero attached hydrogens (tertiary/aromatic N) is 2. The lowest BCUT2D eigenvalue weighted by Gasteiger charge is -2.42. The fraction of sp³-hybridized carbons (Fsp3) is 0.421. The zero-order valence-corrected chi connectivity index (χ0v) is 17.6. The summed E-state index contributed by atoms with van der Waals surface area (Å²) < 4.78 is 33.8. The van der Waals surface area contributed by atoms with Crippen molar-refractivity contribution < 1.29 is 17.9 Å². The molecule has 0 bridgehead atoms. The minimum atomic E-state index is -3.58. The molecule has 2 aliphatic rings. The quantitative estimate of drug-likeness (QED) is 0.733. The minimum Gasteiger partial charge on any atom is -0.358 e. The van der Waals surface area contributed by atoms with Gasteiger partial charge in [0.2, 0.25) is 5.91 Å². The smallest absolute Gasteiger partial charge is 0.255 e. The van der Waals surface area contributed by atoms with Gasteiger partial charge in [-0.25, -0.2) is 8.42 Å². The third-order valence-electron chi connectivity index (χ3n) is 5.33. The number of halogens is 1. The van der Waals surface area contributed by atoms with Gasteiger partial charge in [0.15, 0.2) is 0 Å². The lowest BCUT2D eigenvalue weighted by molar-refractivity contribution is -0.139. The van der Waals surface area contributed by atoms with E-state index < -0.39 is 15.7 Å². The second kappa shape index (κ2) is 7.76. The van der Waals surface area contributed by atoms with E-state index in [0.29, 0.717) is 54.7 Å². The van der Waals surface area contributed by atoms with Crippen LogP contribution in [0.1, 0.15) is 18.4 Å². The monoisotopic (exact) mass is 440 g/mol. The average Bonchev–Trinajstić information content (AvgIpc) is 3.35. The van der Waals surface area contributed by atoms with Crippen LogP contribution >= 0.6 is 22.9 Å². The van der Waals surface area contributed by atoms with Crippen LogP contribution in [0.25, 0.3) is 0 Å². The average molecular weight is 441 g/mol. The van der Waals surface area contributed by atoms with Crippen LogP contribution in [0.5, 0.6) is 0 Å². The van der Waals surface area contributed by atoms with E-state index in [2.05, 4.69) is 0 Å². The molecule has 1 spiro atoms. The number of amides is 1. The molecule has 0 N–H and O–H groups in total. The zero-order chi connectivity index (χ0) is 19.8. The summed E-state index contributed by atoms with van der Waals surface area (Å²) >= 11 is 7.10. The van der Waals surface area contributed by atoms with Gasteiger partial charge in [0, 0.05) is 37.5 Å². The van der Waals surface area contributed by atoms with Crippen LogP contribution in [0.15, 0.2) is 46.0 Å². The standard InChI is InChI=1S/C19H21ClN2O4S2/c20-16-5-3-15(4-6-16)14-17(23)21-9-7-19(8-10-21)22(11-12-26-19)28(24,25)18-2-1-13-27-18/h1-6,13H,7-12,14H2. The van der Waals surface area contributed by atoms with Crippen LogP contribution in [0.2, 0.25) is 5.02 Å². The van der Waals surface area contributed by atoms with Gasteiger partial charge in [-0.2, -0.15) is 4.31 Å². The number of carbonyl (C=O) groups is 1. The molecule has 2 fully saturated rings. The zero-order valence-electron chi connectivity index (χ0n) is 15.2. The van der Waals surface area contributed by atoms with Crippen LogP contribution in [-0.2, 0) is 26.0 Å². The van der Waals surface area contributed by atoms with E-state index in [4.69, 9.17) is 16.3 Å². The van der Waals surface area contributed by atoms with Gasteiger partial charge in [-0.05, 0) is 29.1 Å². The molecule has 150 valence electrons. The molecular formula is C19H21ClN2O4S2. The van der Waals surface area contributed by atoms with E-state index in [1.807, 2.05) is 12.1 Å². The van der Waals surface area contributed by atoms with Gasteiger partial charge in [-0.15, -0.1) is 11.3 Å². The summed E-state index contributed by atoms with van der Waals surface area (Å²) in [5, 5.41) is 2.40. The SMILES string of the molecule is O=C(Cc1ccc(Cl)cc1)N1CCC2(CC1)OCCN2S(=O)(=O)c1cccs1. The minimum absolute atomic E-state index is 0.0304. The van der Waals surface area contributed by atoms with Gasteiger partial charge in [0.05, 0.1) is 13.0 Å². The summed E-state index contributed by atoms with van der Waals surface area (Å²) in [5.74, 6) is 0.0304. The van der Waals surface area contributed by atoms with Crippen molar-refractivity contribution in [1.82, 2.24) is 9.21 Å². The molecule has 9 heteroatoms. The molecule has 0 unspecified atom stereocenters. The fourth-order valence-electron chi connectivity index (χ4n) is 3.84. The Kier molecular flexibility index (Phi) is 5.50. The number of benzene rings is 1. The first-order chi connectivity index (χ1) is 13.4. The van der Waals surface area contributed by atoms with Crippen molar-refractivity contribution in [2.24, 2.45) is 0 Å². The summed E-state index contributed by atoms with van der Waals surface area (Å²) in [6.45, 7) is 1.67. The maximum absolute atomic E-state index is 13.0. The highest BCUT2D eigenvalue weighted by molar-refractivity contribution is 7.91. The molecule has 2 saturated heterocycles. The molecule has 1 aromatic carbocycles. The van der Waals surface area contributed by atoms with Gasteiger partial charge in [-0.3, -0.25) is 4.79 Å². The predicted octanol–water partition coefficient (Wildman–Crippen LogP) is 2.98. The van der Waals surface area contributed by atoms with Crippen LogP contribution in [-0.4, -0.2) is 55.5 Å². The number of rotatable bonds is 4. The summed E-state index contributed by atoms with van der Waals surface area (Å²) in [5.41, 5.74) is 0.0635. The van der Waals surface area contributed by atoms with E-state index >= 15 is 0 Å². The molecule has 3 heterocycles. The fourth-order valence-corrected chi connectivity index (χ4v) is 6.79. The number of hydrogen-bond donors (Lipinski definition) is 0. The van der Waals surface area contributed by atoms with Crippen LogP contribution in [0, 0.1) is 0 Å².